The van der Waals surface area contributed by atoms with E-state index in [4.69, 9.17) is 0 Å². The van der Waals surface area contributed by atoms with Crippen molar-refractivity contribution in [3.8, 4) is 11.3 Å². The molecule has 32 heavy (non-hydrogen) atoms. The fourth-order valence-electron chi connectivity index (χ4n) is 3.55. The van der Waals surface area contributed by atoms with E-state index in [1.807, 2.05) is 24.3 Å². The molecular formula is C23H14F3N5O. The summed E-state index contributed by atoms with van der Waals surface area (Å²) in [5.74, 6) is -0.623. The molecule has 9 heteroatoms. The van der Waals surface area contributed by atoms with Crippen molar-refractivity contribution in [3.63, 3.8) is 0 Å². The van der Waals surface area contributed by atoms with E-state index in [1.54, 1.807) is 30.3 Å². The van der Waals surface area contributed by atoms with Crippen LogP contribution in [0, 0.1) is 0 Å². The number of rotatable bonds is 3. The van der Waals surface area contributed by atoms with Gasteiger partial charge >= 0.3 is 6.18 Å². The molecule has 0 fully saturated rings. The van der Waals surface area contributed by atoms with Gasteiger partial charge in [0.15, 0.2) is 11.3 Å². The second-order valence-electron chi connectivity index (χ2n) is 7.03. The standard InChI is InChI=1S/C23H14F3N5O/c24-23(25,26)20-12-19(17-7-3-5-14-4-1-2-6-16(14)17)30-21-18(13-28-31(20)21)22(32)29-15-8-10-27-11-9-15/h1-13H,(H,27,29,32). The SMILES string of the molecule is O=C(Nc1ccncc1)c1cnn2c(C(F)(F)F)cc(-c3cccc4ccccc34)nc12. The van der Waals surface area contributed by atoms with Gasteiger partial charge in [-0.25, -0.2) is 9.50 Å². The smallest absolute Gasteiger partial charge is 0.322 e. The number of anilines is 1. The van der Waals surface area contributed by atoms with Gasteiger partial charge in [-0.1, -0.05) is 42.5 Å². The molecule has 3 heterocycles. The molecule has 158 valence electrons. The molecule has 5 aromatic rings. The maximum atomic E-state index is 13.9. The van der Waals surface area contributed by atoms with Crippen molar-refractivity contribution in [2.24, 2.45) is 0 Å². The van der Waals surface area contributed by atoms with Gasteiger partial charge in [-0.05, 0) is 29.0 Å². The van der Waals surface area contributed by atoms with Crippen LogP contribution in [-0.4, -0.2) is 25.5 Å². The largest absolute Gasteiger partial charge is 0.433 e. The van der Waals surface area contributed by atoms with Crippen LogP contribution in [0.3, 0.4) is 0 Å². The van der Waals surface area contributed by atoms with E-state index in [9.17, 15) is 18.0 Å². The zero-order valence-corrected chi connectivity index (χ0v) is 16.3. The van der Waals surface area contributed by atoms with Crippen LogP contribution in [0.25, 0.3) is 27.7 Å². The summed E-state index contributed by atoms with van der Waals surface area (Å²) in [5.41, 5.74) is -0.208. The molecule has 0 spiro atoms. The van der Waals surface area contributed by atoms with Gasteiger partial charge in [-0.2, -0.15) is 18.3 Å². The summed E-state index contributed by atoms with van der Waals surface area (Å²) < 4.78 is 42.3. The summed E-state index contributed by atoms with van der Waals surface area (Å²) in [7, 11) is 0. The van der Waals surface area contributed by atoms with Crippen LogP contribution < -0.4 is 5.32 Å². The van der Waals surface area contributed by atoms with E-state index in [1.165, 1.54) is 12.4 Å². The summed E-state index contributed by atoms with van der Waals surface area (Å²) in [6.45, 7) is 0. The molecule has 0 atom stereocenters. The van der Waals surface area contributed by atoms with Crippen molar-refractivity contribution in [1.82, 2.24) is 19.6 Å². The van der Waals surface area contributed by atoms with Crippen LogP contribution in [-0.2, 0) is 6.18 Å². The Hall–Kier alpha value is -4.27. The molecule has 0 radical (unpaired) electrons. The summed E-state index contributed by atoms with van der Waals surface area (Å²) in [6.07, 6.45) is -0.638. The monoisotopic (exact) mass is 433 g/mol. The molecule has 3 aromatic heterocycles. The average molecular weight is 433 g/mol. The van der Waals surface area contributed by atoms with Gasteiger partial charge in [0, 0.05) is 23.6 Å². The highest BCUT2D eigenvalue weighted by Crippen LogP contribution is 2.35. The van der Waals surface area contributed by atoms with E-state index >= 15 is 0 Å². The van der Waals surface area contributed by atoms with Crippen LogP contribution in [0.1, 0.15) is 16.1 Å². The van der Waals surface area contributed by atoms with Gasteiger partial charge in [0.2, 0.25) is 0 Å². The lowest BCUT2D eigenvalue weighted by molar-refractivity contribution is -0.142. The molecule has 1 N–H and O–H groups in total. The highest BCUT2D eigenvalue weighted by Gasteiger charge is 2.36. The van der Waals surface area contributed by atoms with E-state index < -0.39 is 17.8 Å². The number of benzene rings is 2. The minimum absolute atomic E-state index is 0.0746. The van der Waals surface area contributed by atoms with E-state index in [0.717, 1.165) is 23.0 Å². The van der Waals surface area contributed by atoms with Gasteiger partial charge in [0.05, 0.1) is 11.9 Å². The Bertz CT molecular complexity index is 1460. The number of alkyl halides is 3. The highest BCUT2D eigenvalue weighted by molar-refractivity contribution is 6.08. The molecule has 0 unspecified atom stereocenters. The number of carbonyl (C=O) groups is 1. The number of fused-ring (bicyclic) bond motifs is 2. The quantitative estimate of drug-likeness (QED) is 0.424. The summed E-state index contributed by atoms with van der Waals surface area (Å²) >= 11 is 0. The molecule has 5 rings (SSSR count). The third kappa shape index (κ3) is 3.43. The number of hydrogen-bond donors (Lipinski definition) is 1. The number of pyridine rings is 1. The first-order valence-corrected chi connectivity index (χ1v) is 9.57. The fourth-order valence-corrected chi connectivity index (χ4v) is 3.55. The Morgan fingerprint density at radius 2 is 1.72 bits per heavy atom. The first-order chi connectivity index (χ1) is 15.4. The maximum Gasteiger partial charge on any atom is 0.433 e. The number of halogens is 3. The molecule has 0 aliphatic rings. The second-order valence-corrected chi connectivity index (χ2v) is 7.03. The predicted octanol–water partition coefficient (Wildman–Crippen LogP) is 5.22. The van der Waals surface area contributed by atoms with Gasteiger partial charge in [-0.15, -0.1) is 0 Å². The van der Waals surface area contributed by atoms with Crippen LogP contribution in [0.5, 0.6) is 0 Å². The maximum absolute atomic E-state index is 13.9. The number of carbonyl (C=O) groups excluding carboxylic acids is 1. The summed E-state index contributed by atoms with van der Waals surface area (Å²) in [4.78, 5) is 21.1. The Morgan fingerprint density at radius 3 is 2.50 bits per heavy atom. The zero-order valence-electron chi connectivity index (χ0n) is 16.3. The normalized spacial score (nSPS) is 11.7. The third-order valence-electron chi connectivity index (χ3n) is 5.01. The number of nitrogens with zero attached hydrogens (tertiary/aromatic N) is 4. The Kier molecular flexibility index (Phi) is 4.58. The van der Waals surface area contributed by atoms with Crippen molar-refractivity contribution in [3.05, 3.63) is 90.5 Å². The molecule has 0 aliphatic carbocycles. The lowest BCUT2D eigenvalue weighted by Gasteiger charge is -2.13. The van der Waals surface area contributed by atoms with Crippen LogP contribution in [0.15, 0.2) is 79.3 Å². The van der Waals surface area contributed by atoms with E-state index in [2.05, 4.69) is 20.4 Å². The van der Waals surface area contributed by atoms with Crippen molar-refractivity contribution < 1.29 is 18.0 Å². The Labute approximate surface area is 179 Å². The summed E-state index contributed by atoms with van der Waals surface area (Å²) in [5, 5.41) is 8.05. The second kappa shape index (κ2) is 7.45. The van der Waals surface area contributed by atoms with Gasteiger partial charge in [0.1, 0.15) is 5.56 Å². The molecular weight excluding hydrogens is 419 g/mol. The Morgan fingerprint density at radius 1 is 0.969 bits per heavy atom. The number of hydrogen-bond acceptors (Lipinski definition) is 4. The number of nitrogens with one attached hydrogen (secondary N) is 1. The lowest BCUT2D eigenvalue weighted by atomic mass is 10.0. The zero-order chi connectivity index (χ0) is 22.3. The Balaban J connectivity index is 1.71. The van der Waals surface area contributed by atoms with Crippen LogP contribution in [0.2, 0.25) is 0 Å². The number of aromatic nitrogens is 4. The summed E-state index contributed by atoms with van der Waals surface area (Å²) in [6, 6.07) is 16.8. The molecule has 0 aliphatic heterocycles. The van der Waals surface area contributed by atoms with E-state index in [0.29, 0.717) is 15.8 Å². The molecule has 0 saturated carbocycles. The molecule has 6 nitrogen and oxygen atoms in total. The van der Waals surface area contributed by atoms with Crippen molar-refractivity contribution in [1.29, 1.82) is 0 Å². The minimum Gasteiger partial charge on any atom is -0.322 e. The third-order valence-corrected chi connectivity index (χ3v) is 5.01. The van der Waals surface area contributed by atoms with Crippen molar-refractivity contribution >= 4 is 28.0 Å². The minimum atomic E-state index is -4.70. The van der Waals surface area contributed by atoms with Gasteiger partial charge in [0.25, 0.3) is 5.91 Å². The topological polar surface area (TPSA) is 72.2 Å². The van der Waals surface area contributed by atoms with Crippen LogP contribution in [0.4, 0.5) is 18.9 Å². The van der Waals surface area contributed by atoms with Crippen molar-refractivity contribution in [2.75, 3.05) is 5.32 Å². The highest BCUT2D eigenvalue weighted by atomic mass is 19.4. The lowest BCUT2D eigenvalue weighted by Crippen LogP contribution is -2.15. The van der Waals surface area contributed by atoms with Crippen LogP contribution >= 0.6 is 0 Å². The molecule has 1 amide bonds. The first-order valence-electron chi connectivity index (χ1n) is 9.57. The molecule has 0 saturated heterocycles. The first kappa shape index (κ1) is 19.7. The fraction of sp³-hybridized carbons (Fsp3) is 0.0435. The van der Waals surface area contributed by atoms with Gasteiger partial charge < -0.3 is 5.32 Å². The molecule has 0 bridgehead atoms. The number of amides is 1. The van der Waals surface area contributed by atoms with E-state index in [-0.39, 0.29) is 16.9 Å². The molecule has 2 aromatic carbocycles. The average Bonchev–Trinajstić information content (AvgIpc) is 3.22. The predicted molar refractivity (Wildman–Crippen MR) is 113 cm³/mol. The van der Waals surface area contributed by atoms with Crippen molar-refractivity contribution in [2.45, 2.75) is 6.18 Å². The van der Waals surface area contributed by atoms with Gasteiger partial charge in [-0.3, -0.25) is 9.78 Å².